The van der Waals surface area contributed by atoms with Gasteiger partial charge in [-0.15, -0.1) is 5.10 Å². The van der Waals surface area contributed by atoms with Crippen molar-refractivity contribution in [2.24, 2.45) is 0 Å². The van der Waals surface area contributed by atoms with E-state index < -0.39 is 59.8 Å². The number of hydrogen-bond acceptors (Lipinski definition) is 3. The van der Waals surface area contributed by atoms with Gasteiger partial charge in [0.15, 0.2) is 5.82 Å². The average molecular weight is 505 g/mol. The highest BCUT2D eigenvalue weighted by molar-refractivity contribution is 9.14. The Kier molecular flexibility index (Phi) is 5.41. The van der Waals surface area contributed by atoms with Crippen LogP contribution in [0.4, 0.5) is 35.1 Å². The number of rotatable bonds is 3. The lowest BCUT2D eigenvalue weighted by Crippen LogP contribution is -2.58. The van der Waals surface area contributed by atoms with Crippen molar-refractivity contribution in [2.75, 3.05) is 13.1 Å². The van der Waals surface area contributed by atoms with Crippen LogP contribution in [-0.2, 0) is 17.1 Å². The first kappa shape index (κ1) is 22.2. The van der Waals surface area contributed by atoms with Crippen LogP contribution in [-0.4, -0.2) is 44.6 Å². The molecule has 0 bridgehead atoms. The van der Waals surface area contributed by atoms with Gasteiger partial charge in [0.2, 0.25) is 5.91 Å². The van der Waals surface area contributed by atoms with Crippen molar-refractivity contribution in [3.8, 4) is 11.4 Å². The third kappa shape index (κ3) is 4.79. The van der Waals surface area contributed by atoms with Gasteiger partial charge in [-0.2, -0.15) is 26.3 Å². The van der Waals surface area contributed by atoms with Crippen LogP contribution in [0.3, 0.4) is 0 Å². The van der Waals surface area contributed by atoms with Crippen LogP contribution < -0.4 is 0 Å². The predicted octanol–water partition coefficient (Wildman–Crippen LogP) is 4.65. The highest BCUT2D eigenvalue weighted by Crippen LogP contribution is 2.38. The lowest BCUT2D eigenvalue weighted by atomic mass is 10.0. The summed E-state index contributed by atoms with van der Waals surface area (Å²) in [6, 6.07) is 0.886. The topological polar surface area (TPSA) is 51.0 Å². The Balaban J connectivity index is 1.90. The molecule has 5 nitrogen and oxygen atoms in total. The Morgan fingerprint density at radius 1 is 1.03 bits per heavy atom. The molecule has 1 aromatic heterocycles. The first-order valence-electron chi connectivity index (χ1n) is 7.91. The van der Waals surface area contributed by atoms with Crippen molar-refractivity contribution in [1.29, 1.82) is 0 Å². The number of carbonyl (C=O) groups is 1. The molecular weight excluding hydrogens is 496 g/mol. The fraction of sp³-hybridized carbons (Fsp3) is 0.312. The standard InChI is InChI=1S/C16H9BrF8N4O/c17-11(4-12(30)28-5-14(18,19)6-28)29-7-26-13(27-29)8-1-9(15(20,21)22)3-10(2-8)16(23,24)25/h1-4,7H,5-6H2/b11-4+. The molecule has 0 N–H and O–H groups in total. The molecule has 0 saturated carbocycles. The zero-order valence-corrected chi connectivity index (χ0v) is 16.0. The number of nitrogens with zero attached hydrogens (tertiary/aromatic N) is 4. The minimum Gasteiger partial charge on any atom is -0.327 e. The average Bonchev–Trinajstić information content (AvgIpc) is 3.08. The molecule has 2 aromatic rings. The van der Waals surface area contributed by atoms with E-state index in [0.717, 1.165) is 22.0 Å². The van der Waals surface area contributed by atoms with Crippen LogP contribution in [0.25, 0.3) is 16.0 Å². The predicted molar refractivity (Wildman–Crippen MR) is 90.2 cm³/mol. The van der Waals surface area contributed by atoms with Gasteiger partial charge in [0.1, 0.15) is 10.9 Å². The molecule has 14 heteroatoms. The van der Waals surface area contributed by atoms with E-state index in [0.29, 0.717) is 12.1 Å². The van der Waals surface area contributed by atoms with Crippen molar-refractivity contribution in [2.45, 2.75) is 18.3 Å². The van der Waals surface area contributed by atoms with E-state index in [1.807, 2.05) is 0 Å². The molecule has 1 aliphatic rings. The Labute approximate surface area is 171 Å². The summed E-state index contributed by atoms with van der Waals surface area (Å²) in [5, 5.41) is 3.75. The van der Waals surface area contributed by atoms with Crippen molar-refractivity contribution in [3.05, 3.63) is 41.7 Å². The largest absolute Gasteiger partial charge is 0.416 e. The van der Waals surface area contributed by atoms with Crippen LogP contribution in [0, 0.1) is 0 Å². The van der Waals surface area contributed by atoms with Crippen LogP contribution in [0.15, 0.2) is 30.6 Å². The monoisotopic (exact) mass is 504 g/mol. The maximum Gasteiger partial charge on any atom is 0.416 e. The van der Waals surface area contributed by atoms with Crippen LogP contribution >= 0.6 is 15.9 Å². The molecule has 3 rings (SSSR count). The van der Waals surface area contributed by atoms with E-state index >= 15 is 0 Å². The van der Waals surface area contributed by atoms with Gasteiger partial charge in [-0.05, 0) is 34.1 Å². The van der Waals surface area contributed by atoms with Crippen LogP contribution in [0.1, 0.15) is 11.1 Å². The first-order valence-corrected chi connectivity index (χ1v) is 8.71. The Morgan fingerprint density at radius 3 is 2.03 bits per heavy atom. The van der Waals surface area contributed by atoms with Crippen molar-refractivity contribution >= 4 is 26.4 Å². The number of aromatic nitrogens is 3. The minimum absolute atomic E-state index is 0.0299. The molecule has 2 heterocycles. The smallest absolute Gasteiger partial charge is 0.327 e. The highest BCUT2D eigenvalue weighted by atomic mass is 79.9. The number of alkyl halides is 8. The molecule has 1 saturated heterocycles. The van der Waals surface area contributed by atoms with Gasteiger partial charge < -0.3 is 4.90 Å². The summed E-state index contributed by atoms with van der Waals surface area (Å²) >= 11 is 2.94. The van der Waals surface area contributed by atoms with Crippen LogP contribution in [0.5, 0.6) is 0 Å². The van der Waals surface area contributed by atoms with Gasteiger partial charge in [-0.25, -0.2) is 18.4 Å². The molecule has 0 atom stereocenters. The van der Waals surface area contributed by atoms with Crippen molar-refractivity contribution in [3.63, 3.8) is 0 Å². The number of carbonyl (C=O) groups excluding carboxylic acids is 1. The van der Waals surface area contributed by atoms with E-state index in [9.17, 15) is 39.9 Å². The molecule has 0 unspecified atom stereocenters. The van der Waals surface area contributed by atoms with Crippen LogP contribution in [0.2, 0.25) is 0 Å². The molecular formula is C16H9BrF8N4O. The van der Waals surface area contributed by atoms with Gasteiger partial charge in [0.25, 0.3) is 5.92 Å². The fourth-order valence-corrected chi connectivity index (χ4v) is 2.88. The lowest BCUT2D eigenvalue weighted by molar-refractivity contribution is -0.160. The molecule has 1 aliphatic heterocycles. The van der Waals surface area contributed by atoms with Gasteiger partial charge in [0, 0.05) is 11.6 Å². The molecule has 162 valence electrons. The third-order valence-corrected chi connectivity index (χ3v) is 4.55. The second kappa shape index (κ2) is 7.32. The van der Waals surface area contributed by atoms with E-state index in [-0.39, 0.29) is 10.7 Å². The maximum atomic E-state index is 13.0. The summed E-state index contributed by atoms with van der Waals surface area (Å²) in [4.78, 5) is 16.4. The summed E-state index contributed by atoms with van der Waals surface area (Å²) in [7, 11) is 0. The zero-order chi connectivity index (χ0) is 22.5. The first-order chi connectivity index (χ1) is 13.7. The van der Waals surface area contributed by atoms with Gasteiger partial charge >= 0.3 is 12.4 Å². The molecule has 30 heavy (non-hydrogen) atoms. The molecule has 0 radical (unpaired) electrons. The molecule has 1 fully saturated rings. The number of hydrogen-bond donors (Lipinski definition) is 0. The fourth-order valence-electron chi connectivity index (χ4n) is 2.51. The number of benzene rings is 1. The minimum atomic E-state index is -5.04. The normalized spacial score (nSPS) is 17.1. The Morgan fingerprint density at radius 2 is 1.57 bits per heavy atom. The SMILES string of the molecule is O=C(/C=C(\Br)n1cnc(-c2cc(C(F)(F)F)cc(C(F)(F)F)c2)n1)N1CC(F)(F)C1. The Bertz CT molecular complexity index is 971. The highest BCUT2D eigenvalue weighted by Gasteiger charge is 2.45. The number of amides is 1. The molecule has 1 aromatic carbocycles. The van der Waals surface area contributed by atoms with E-state index in [2.05, 4.69) is 26.0 Å². The summed E-state index contributed by atoms with van der Waals surface area (Å²) < 4.78 is 104. The third-order valence-electron chi connectivity index (χ3n) is 3.96. The number of likely N-dealkylation sites (tertiary alicyclic amines) is 1. The van der Waals surface area contributed by atoms with Crippen molar-refractivity contribution in [1.82, 2.24) is 19.7 Å². The summed E-state index contributed by atoms with van der Waals surface area (Å²) in [6.45, 7) is -1.54. The van der Waals surface area contributed by atoms with Crippen molar-refractivity contribution < 1.29 is 39.9 Å². The van der Waals surface area contributed by atoms with Gasteiger partial charge in [0.05, 0.1) is 24.2 Å². The molecule has 1 amide bonds. The Hall–Kier alpha value is -2.51. The summed E-state index contributed by atoms with van der Waals surface area (Å²) in [6.07, 6.45) is -8.27. The van der Waals surface area contributed by atoms with E-state index in [1.165, 1.54) is 0 Å². The molecule has 0 spiro atoms. The lowest BCUT2D eigenvalue weighted by Gasteiger charge is -2.37. The van der Waals surface area contributed by atoms with Gasteiger partial charge in [-0.3, -0.25) is 4.79 Å². The summed E-state index contributed by atoms with van der Waals surface area (Å²) in [5.41, 5.74) is -3.62. The van der Waals surface area contributed by atoms with E-state index in [4.69, 9.17) is 0 Å². The van der Waals surface area contributed by atoms with E-state index in [1.54, 1.807) is 0 Å². The quantitative estimate of drug-likeness (QED) is 0.451. The second-order valence-electron chi connectivity index (χ2n) is 6.32. The number of halogens is 9. The maximum absolute atomic E-state index is 13.0. The molecule has 0 aliphatic carbocycles. The van der Waals surface area contributed by atoms with Gasteiger partial charge in [-0.1, -0.05) is 0 Å². The zero-order valence-electron chi connectivity index (χ0n) is 14.4. The second-order valence-corrected chi connectivity index (χ2v) is 7.14. The summed E-state index contributed by atoms with van der Waals surface area (Å²) in [5.74, 6) is -4.24.